The third-order valence-electron chi connectivity index (χ3n) is 4.51. The normalized spacial score (nSPS) is 22.5. The van der Waals surface area contributed by atoms with Crippen molar-refractivity contribution in [3.05, 3.63) is 29.8 Å². The van der Waals surface area contributed by atoms with Gasteiger partial charge in [0.15, 0.2) is 0 Å². The quantitative estimate of drug-likeness (QED) is 0.754. The summed E-state index contributed by atoms with van der Waals surface area (Å²) >= 11 is 0. The van der Waals surface area contributed by atoms with Crippen LogP contribution >= 0.6 is 0 Å². The number of hydrogen-bond acceptors (Lipinski definition) is 4. The molecule has 2 rings (SSSR count). The van der Waals surface area contributed by atoms with Gasteiger partial charge in [0, 0.05) is 6.42 Å². The van der Waals surface area contributed by atoms with Gasteiger partial charge < -0.3 is 19.1 Å². The Balaban J connectivity index is 2.01. The molecule has 5 nitrogen and oxygen atoms in total. The number of quaternary nitrogens is 1. The largest absolute Gasteiger partial charge is 0.493 e. The van der Waals surface area contributed by atoms with Crippen molar-refractivity contribution in [3.63, 3.8) is 0 Å². The van der Waals surface area contributed by atoms with Gasteiger partial charge >= 0.3 is 5.97 Å². The van der Waals surface area contributed by atoms with Crippen molar-refractivity contribution < 1.29 is 23.9 Å². The number of esters is 1. The van der Waals surface area contributed by atoms with E-state index in [1.165, 1.54) is 4.90 Å². The minimum atomic E-state index is -0.276. The second kappa shape index (κ2) is 8.87. The van der Waals surface area contributed by atoms with Crippen LogP contribution in [0.1, 0.15) is 44.5 Å². The second-order valence-corrected chi connectivity index (χ2v) is 8.62. The van der Waals surface area contributed by atoms with Crippen LogP contribution in [0, 0.1) is 11.8 Å². The van der Waals surface area contributed by atoms with Gasteiger partial charge in [-0.15, -0.1) is 0 Å². The molecule has 2 atom stereocenters. The van der Waals surface area contributed by atoms with E-state index in [0.717, 1.165) is 12.3 Å². The molecule has 1 aliphatic rings. The molecule has 1 aromatic carbocycles. The van der Waals surface area contributed by atoms with E-state index in [0.29, 0.717) is 31.1 Å². The van der Waals surface area contributed by atoms with Gasteiger partial charge in [0.25, 0.3) is 0 Å². The molecular formula is C21H34NO4+. The number of nitrogens with one attached hydrogen (secondary N) is 1. The van der Waals surface area contributed by atoms with Gasteiger partial charge in [-0.05, 0) is 44.0 Å². The maximum absolute atomic E-state index is 12.6. The van der Waals surface area contributed by atoms with E-state index in [4.69, 9.17) is 14.2 Å². The Morgan fingerprint density at radius 3 is 2.50 bits per heavy atom. The first-order valence-electron chi connectivity index (χ1n) is 9.53. The summed E-state index contributed by atoms with van der Waals surface area (Å²) in [7, 11) is 4.21. The maximum atomic E-state index is 12.6. The zero-order valence-electron chi connectivity index (χ0n) is 17.0. The Kier molecular flexibility index (Phi) is 7.07. The fourth-order valence-electron chi connectivity index (χ4n) is 3.16. The summed E-state index contributed by atoms with van der Waals surface area (Å²) in [5.41, 5.74) is 0.291. The van der Waals surface area contributed by atoms with Gasteiger partial charge in [-0.2, -0.15) is 0 Å². The summed E-state index contributed by atoms with van der Waals surface area (Å²) in [5, 5.41) is 0. The molecule has 0 spiro atoms. The third-order valence-corrected chi connectivity index (χ3v) is 4.51. The zero-order chi connectivity index (χ0) is 19.3. The first-order valence-corrected chi connectivity index (χ1v) is 9.53. The van der Waals surface area contributed by atoms with Crippen molar-refractivity contribution in [2.45, 2.75) is 45.8 Å². The molecule has 0 bridgehead atoms. The fourth-order valence-corrected chi connectivity index (χ4v) is 3.16. The first kappa shape index (κ1) is 20.7. The molecule has 1 N–H and O–H groups in total. The van der Waals surface area contributed by atoms with Gasteiger partial charge in [-0.25, -0.2) is 4.79 Å². The Labute approximate surface area is 157 Å². The molecule has 0 saturated carbocycles. The smallest absolute Gasteiger partial charge is 0.338 e. The van der Waals surface area contributed by atoms with E-state index in [1.807, 2.05) is 26.0 Å². The van der Waals surface area contributed by atoms with Crippen molar-refractivity contribution in [1.29, 1.82) is 0 Å². The molecule has 5 heteroatoms. The molecule has 1 aromatic rings. The molecule has 1 fully saturated rings. The first-order chi connectivity index (χ1) is 12.2. The van der Waals surface area contributed by atoms with Crippen LogP contribution in [0.5, 0.6) is 5.75 Å². The number of carbonyl (C=O) groups is 1. The second-order valence-electron chi connectivity index (χ2n) is 8.62. The molecule has 26 heavy (non-hydrogen) atoms. The number of carbonyl (C=O) groups excluding carboxylic acids is 1. The Morgan fingerprint density at radius 2 is 1.92 bits per heavy atom. The fraction of sp³-hybridized carbons (Fsp3) is 0.667. The van der Waals surface area contributed by atoms with Crippen LogP contribution in [0.15, 0.2) is 24.3 Å². The average molecular weight is 365 g/mol. The number of ether oxygens (including phenoxy) is 3. The monoisotopic (exact) mass is 364 g/mol. The topological polar surface area (TPSA) is 49.2 Å². The number of benzene rings is 1. The van der Waals surface area contributed by atoms with Gasteiger partial charge in [0.05, 0.1) is 50.9 Å². The average Bonchev–Trinajstić information content (AvgIpc) is 2.55. The molecule has 0 aliphatic carbocycles. The third kappa shape index (κ3) is 6.29. The Hall–Kier alpha value is -1.59. The van der Waals surface area contributed by atoms with E-state index < -0.39 is 0 Å². The van der Waals surface area contributed by atoms with Crippen LogP contribution in [0.3, 0.4) is 0 Å². The van der Waals surface area contributed by atoms with Gasteiger partial charge in [-0.1, -0.05) is 13.8 Å². The molecule has 0 amide bonds. The van der Waals surface area contributed by atoms with Crippen LogP contribution in [-0.4, -0.2) is 51.5 Å². The predicted octanol–water partition coefficient (Wildman–Crippen LogP) is 2.21. The number of hydrogen-bond donors (Lipinski definition) is 1. The van der Waals surface area contributed by atoms with Crippen LogP contribution in [0.2, 0.25) is 0 Å². The van der Waals surface area contributed by atoms with E-state index in [2.05, 4.69) is 27.9 Å². The lowest BCUT2D eigenvalue weighted by Gasteiger charge is -2.40. The van der Waals surface area contributed by atoms with E-state index in [9.17, 15) is 4.79 Å². The molecule has 1 saturated heterocycles. The summed E-state index contributed by atoms with van der Waals surface area (Å²) in [6.45, 7) is 10.5. The standard InChI is InChI=1S/C21H33NO4/c1-15(2)13-24-18-9-7-16(8-10-18)20(23)26-19-11-21(3,4)25-14-17(19)12-22(5)6/h7-10,15,17,19H,11-14H2,1-6H3/p+1/t17-,19+/m0/s1. The van der Waals surface area contributed by atoms with Crippen LogP contribution < -0.4 is 9.64 Å². The highest BCUT2D eigenvalue weighted by Gasteiger charge is 2.39. The summed E-state index contributed by atoms with van der Waals surface area (Å²) in [4.78, 5) is 13.9. The van der Waals surface area contributed by atoms with Crippen molar-refractivity contribution in [2.24, 2.45) is 11.8 Å². The summed E-state index contributed by atoms with van der Waals surface area (Å²) < 4.78 is 17.5. The van der Waals surface area contributed by atoms with Crippen LogP contribution in [-0.2, 0) is 9.47 Å². The number of rotatable bonds is 7. The summed E-state index contributed by atoms with van der Waals surface area (Å²) in [6, 6.07) is 7.20. The maximum Gasteiger partial charge on any atom is 0.338 e. The zero-order valence-corrected chi connectivity index (χ0v) is 17.0. The lowest BCUT2D eigenvalue weighted by Crippen LogP contribution is -3.07. The minimum absolute atomic E-state index is 0.127. The lowest BCUT2D eigenvalue weighted by atomic mass is 9.88. The molecule has 146 valence electrons. The highest BCUT2D eigenvalue weighted by Crippen LogP contribution is 2.30. The van der Waals surface area contributed by atoms with Crippen molar-refractivity contribution in [2.75, 3.05) is 33.9 Å². The molecular weight excluding hydrogens is 330 g/mol. The Morgan fingerprint density at radius 1 is 1.27 bits per heavy atom. The summed E-state index contributed by atoms with van der Waals surface area (Å²) in [6.07, 6.45) is 0.588. The minimum Gasteiger partial charge on any atom is -0.493 e. The molecule has 0 unspecified atom stereocenters. The van der Waals surface area contributed by atoms with Crippen LogP contribution in [0.25, 0.3) is 0 Å². The Bertz CT molecular complexity index is 580. The molecule has 1 aliphatic heterocycles. The summed E-state index contributed by atoms with van der Waals surface area (Å²) in [5.74, 6) is 1.18. The van der Waals surface area contributed by atoms with E-state index in [1.54, 1.807) is 12.1 Å². The molecule has 0 aromatic heterocycles. The highest BCUT2D eigenvalue weighted by molar-refractivity contribution is 5.89. The van der Waals surface area contributed by atoms with Crippen molar-refractivity contribution in [3.8, 4) is 5.75 Å². The highest BCUT2D eigenvalue weighted by atomic mass is 16.6. The molecule has 0 radical (unpaired) electrons. The van der Waals surface area contributed by atoms with Crippen LogP contribution in [0.4, 0.5) is 0 Å². The molecule has 1 heterocycles. The SMILES string of the molecule is CC(C)COc1ccc(C(=O)O[C@@H]2CC(C)(C)OC[C@@H]2C[NH+](C)C)cc1. The van der Waals surface area contributed by atoms with E-state index >= 15 is 0 Å². The van der Waals surface area contributed by atoms with Gasteiger partial charge in [-0.3, -0.25) is 0 Å². The van der Waals surface area contributed by atoms with Gasteiger partial charge in [0.2, 0.25) is 0 Å². The lowest BCUT2D eigenvalue weighted by molar-refractivity contribution is -0.863. The predicted molar refractivity (Wildman–Crippen MR) is 102 cm³/mol. The van der Waals surface area contributed by atoms with E-state index in [-0.39, 0.29) is 23.6 Å². The van der Waals surface area contributed by atoms with Gasteiger partial charge in [0.1, 0.15) is 11.9 Å². The van der Waals surface area contributed by atoms with Crippen molar-refractivity contribution in [1.82, 2.24) is 0 Å². The van der Waals surface area contributed by atoms with Crippen molar-refractivity contribution >= 4 is 5.97 Å².